The Balaban J connectivity index is 1.96. The first-order valence-electron chi connectivity index (χ1n) is 7.59. The van der Waals surface area contributed by atoms with Crippen molar-refractivity contribution in [2.24, 2.45) is 0 Å². The zero-order chi connectivity index (χ0) is 17.3. The second-order valence-corrected chi connectivity index (χ2v) is 7.42. The molecule has 126 valence electrons. The van der Waals surface area contributed by atoms with Gasteiger partial charge >= 0.3 is 0 Å². The van der Waals surface area contributed by atoms with E-state index >= 15 is 0 Å². The molecule has 1 aliphatic rings. The predicted octanol–water partition coefficient (Wildman–Crippen LogP) is 2.29. The molecule has 2 aromatic rings. The normalized spacial score (nSPS) is 16.3. The van der Waals surface area contributed by atoms with Crippen molar-refractivity contribution in [2.45, 2.75) is 17.9 Å². The van der Waals surface area contributed by atoms with Gasteiger partial charge in [0, 0.05) is 12.1 Å². The van der Waals surface area contributed by atoms with E-state index in [2.05, 4.69) is 15.4 Å². The number of rotatable bonds is 5. The van der Waals surface area contributed by atoms with Gasteiger partial charge in [-0.25, -0.2) is 8.42 Å². The Morgan fingerprint density at radius 3 is 2.50 bits per heavy atom. The summed E-state index contributed by atoms with van der Waals surface area (Å²) >= 11 is 0. The Hall–Kier alpha value is -2.38. The van der Waals surface area contributed by atoms with E-state index in [9.17, 15) is 13.2 Å². The number of anilines is 2. The molecule has 1 atom stereocenters. The Morgan fingerprint density at radius 2 is 1.88 bits per heavy atom. The molecule has 0 saturated heterocycles. The summed E-state index contributed by atoms with van der Waals surface area (Å²) in [4.78, 5) is 10.8. The van der Waals surface area contributed by atoms with Gasteiger partial charge in [0.1, 0.15) is 6.29 Å². The highest BCUT2D eigenvalue weighted by atomic mass is 32.2. The average Bonchev–Trinajstić information content (AvgIpc) is 3.02. The van der Waals surface area contributed by atoms with E-state index in [1.807, 2.05) is 20.0 Å². The summed E-state index contributed by atoms with van der Waals surface area (Å²) in [7, 11) is -1.84. The molecule has 0 aromatic heterocycles. The summed E-state index contributed by atoms with van der Waals surface area (Å²) in [6.45, 7) is 2.71. The lowest BCUT2D eigenvalue weighted by Crippen LogP contribution is -2.18. The number of hydrogen-bond donors (Lipinski definition) is 3. The first-order chi connectivity index (χ1) is 11.5. The van der Waals surface area contributed by atoms with Crippen LogP contribution in [0.5, 0.6) is 0 Å². The van der Waals surface area contributed by atoms with Gasteiger partial charge in [-0.15, -0.1) is 0 Å². The second-order valence-electron chi connectivity index (χ2n) is 5.73. The molecule has 0 fully saturated rings. The number of hydrogen-bond acceptors (Lipinski definition) is 5. The van der Waals surface area contributed by atoms with Gasteiger partial charge in [0.05, 0.1) is 22.3 Å². The molecule has 0 aliphatic carbocycles. The van der Waals surface area contributed by atoms with Gasteiger partial charge in [0.15, 0.2) is 0 Å². The topological polar surface area (TPSA) is 87.3 Å². The van der Waals surface area contributed by atoms with Gasteiger partial charge in [0.25, 0.3) is 10.0 Å². The molecule has 0 bridgehead atoms. The highest BCUT2D eigenvalue weighted by molar-refractivity contribution is 7.92. The molecule has 2 aromatic carbocycles. The number of fused-ring (bicyclic) bond motifs is 1. The van der Waals surface area contributed by atoms with Crippen molar-refractivity contribution in [3.05, 3.63) is 53.1 Å². The van der Waals surface area contributed by atoms with Crippen molar-refractivity contribution < 1.29 is 13.2 Å². The minimum absolute atomic E-state index is 0.116. The van der Waals surface area contributed by atoms with Crippen molar-refractivity contribution in [3.63, 3.8) is 0 Å². The molecule has 0 spiro atoms. The molecular weight excluding hydrogens is 326 g/mol. The molecule has 1 aliphatic heterocycles. The molecule has 6 nitrogen and oxygen atoms in total. The lowest BCUT2D eigenvalue weighted by molar-refractivity contribution is 0.112. The zero-order valence-corrected chi connectivity index (χ0v) is 14.3. The number of aryl methyl sites for hydroxylation is 1. The highest BCUT2D eigenvalue weighted by Crippen LogP contribution is 2.39. The molecule has 24 heavy (non-hydrogen) atoms. The Labute approximate surface area is 141 Å². The summed E-state index contributed by atoms with van der Waals surface area (Å²) in [6.07, 6.45) is 0.679. The summed E-state index contributed by atoms with van der Waals surface area (Å²) < 4.78 is 27.8. The minimum atomic E-state index is -3.72. The van der Waals surface area contributed by atoms with E-state index in [-0.39, 0.29) is 10.9 Å². The summed E-state index contributed by atoms with van der Waals surface area (Å²) in [5.41, 5.74) is 3.94. The third kappa shape index (κ3) is 2.88. The van der Waals surface area contributed by atoms with Gasteiger partial charge in [-0.05, 0) is 43.3 Å². The fourth-order valence-corrected chi connectivity index (χ4v) is 4.00. The van der Waals surface area contributed by atoms with Crippen LogP contribution in [-0.2, 0) is 10.0 Å². The largest absolute Gasteiger partial charge is 0.381 e. The van der Waals surface area contributed by atoms with Crippen LogP contribution in [0.4, 0.5) is 11.4 Å². The molecule has 3 N–H and O–H groups in total. The number of nitrogens with one attached hydrogen (secondary N) is 3. The predicted molar refractivity (Wildman–Crippen MR) is 94.1 cm³/mol. The van der Waals surface area contributed by atoms with Gasteiger partial charge in [-0.1, -0.05) is 18.2 Å². The number of aldehydes is 1. The maximum atomic E-state index is 12.6. The van der Waals surface area contributed by atoms with Crippen molar-refractivity contribution in [2.75, 3.05) is 23.6 Å². The van der Waals surface area contributed by atoms with Crippen LogP contribution in [0.25, 0.3) is 0 Å². The van der Waals surface area contributed by atoms with Crippen LogP contribution in [0.15, 0.2) is 41.3 Å². The standard InChI is InChI=1S/C17H19N3O3S/c1-11-3-8-14(17-16(11)15(18-2)9-19-17)20-24(22,23)13-6-4-12(10-21)5-7-13/h3-8,10,15,18-20H,9H2,1-2H3. The monoisotopic (exact) mass is 345 g/mol. The van der Waals surface area contributed by atoms with E-state index < -0.39 is 10.0 Å². The number of carbonyl (C=O) groups excluding carboxylic acids is 1. The summed E-state index contributed by atoms with van der Waals surface area (Å²) in [6, 6.07) is 9.62. The van der Waals surface area contributed by atoms with Crippen molar-refractivity contribution in [1.82, 2.24) is 5.32 Å². The lowest BCUT2D eigenvalue weighted by Gasteiger charge is -2.15. The summed E-state index contributed by atoms with van der Waals surface area (Å²) in [5.74, 6) is 0. The third-order valence-corrected chi connectivity index (χ3v) is 5.60. The molecule has 1 unspecified atom stereocenters. The van der Waals surface area contributed by atoms with E-state index in [1.165, 1.54) is 24.3 Å². The zero-order valence-electron chi connectivity index (χ0n) is 13.5. The number of benzene rings is 2. The van der Waals surface area contributed by atoms with Gasteiger partial charge < -0.3 is 10.6 Å². The Morgan fingerprint density at radius 1 is 1.17 bits per heavy atom. The average molecular weight is 345 g/mol. The lowest BCUT2D eigenvalue weighted by atomic mass is 10.0. The quantitative estimate of drug-likeness (QED) is 0.724. The number of carbonyl (C=O) groups is 1. The van der Waals surface area contributed by atoms with Gasteiger partial charge in [-0.3, -0.25) is 9.52 Å². The molecule has 0 amide bonds. The van der Waals surface area contributed by atoms with E-state index in [1.54, 1.807) is 6.07 Å². The fraction of sp³-hybridized carbons (Fsp3) is 0.235. The second kappa shape index (κ2) is 6.26. The highest BCUT2D eigenvalue weighted by Gasteiger charge is 2.27. The SMILES string of the molecule is CNC1CNc2c(NS(=O)(=O)c3ccc(C=O)cc3)ccc(C)c21. The number of sulfonamides is 1. The van der Waals surface area contributed by atoms with E-state index in [4.69, 9.17) is 0 Å². The van der Waals surface area contributed by atoms with Gasteiger partial charge in [0.2, 0.25) is 0 Å². The van der Waals surface area contributed by atoms with E-state index in [0.717, 1.165) is 16.8 Å². The first kappa shape index (κ1) is 16.5. The van der Waals surface area contributed by atoms with Crippen molar-refractivity contribution >= 4 is 27.7 Å². The molecule has 3 rings (SSSR count). The number of likely N-dealkylation sites (N-methyl/N-ethyl adjacent to an activating group) is 1. The van der Waals surface area contributed by atoms with Crippen molar-refractivity contribution in [3.8, 4) is 0 Å². The fourth-order valence-electron chi connectivity index (χ4n) is 2.93. The molecule has 0 saturated carbocycles. The summed E-state index contributed by atoms with van der Waals surface area (Å²) in [5, 5.41) is 6.49. The van der Waals surface area contributed by atoms with Crippen LogP contribution in [0.1, 0.15) is 27.5 Å². The third-order valence-electron chi connectivity index (χ3n) is 4.21. The molecule has 0 radical (unpaired) electrons. The van der Waals surface area contributed by atoms with Crippen LogP contribution < -0.4 is 15.4 Å². The smallest absolute Gasteiger partial charge is 0.261 e. The van der Waals surface area contributed by atoms with Crippen LogP contribution in [0, 0.1) is 6.92 Å². The maximum Gasteiger partial charge on any atom is 0.261 e. The van der Waals surface area contributed by atoms with Crippen LogP contribution in [0.3, 0.4) is 0 Å². The molecular formula is C17H19N3O3S. The van der Waals surface area contributed by atoms with E-state index in [0.29, 0.717) is 24.1 Å². The molecule has 7 heteroatoms. The Bertz CT molecular complexity index is 877. The van der Waals surface area contributed by atoms with Crippen LogP contribution in [0.2, 0.25) is 0 Å². The van der Waals surface area contributed by atoms with Gasteiger partial charge in [-0.2, -0.15) is 0 Å². The Kier molecular flexibility index (Phi) is 4.29. The maximum absolute atomic E-state index is 12.6. The molecule has 1 heterocycles. The first-order valence-corrected chi connectivity index (χ1v) is 9.07. The van der Waals surface area contributed by atoms with Crippen LogP contribution >= 0.6 is 0 Å². The van der Waals surface area contributed by atoms with Crippen LogP contribution in [-0.4, -0.2) is 28.3 Å². The van der Waals surface area contributed by atoms with Crippen molar-refractivity contribution in [1.29, 1.82) is 0 Å². The minimum Gasteiger partial charge on any atom is -0.381 e.